The van der Waals surface area contributed by atoms with E-state index in [1.807, 2.05) is 42.6 Å². The van der Waals surface area contributed by atoms with Gasteiger partial charge in [0, 0.05) is 37.9 Å². The van der Waals surface area contributed by atoms with Crippen LogP contribution in [0.1, 0.15) is 16.7 Å². The molecule has 6 heteroatoms. The molecule has 0 amide bonds. The second kappa shape index (κ2) is 13.6. The Labute approximate surface area is 284 Å². The summed E-state index contributed by atoms with van der Waals surface area (Å²) in [4.78, 5) is 9.09. The van der Waals surface area contributed by atoms with E-state index in [1.54, 1.807) is 24.4 Å². The molecule has 0 fully saturated rings. The molecule has 7 rings (SSSR count). The summed E-state index contributed by atoms with van der Waals surface area (Å²) >= 11 is 0. The fraction of sp³-hybridized carbons (Fsp3) is 0.150. The number of aromatic nitrogens is 2. The van der Waals surface area contributed by atoms with Crippen molar-refractivity contribution >= 4 is 35.2 Å². The topological polar surface area (TPSA) is 38.9 Å². The smallest absolute Gasteiger partial charge is 0.133 e. The van der Waals surface area contributed by atoms with Crippen molar-refractivity contribution in [2.45, 2.75) is 40.4 Å². The minimum absolute atomic E-state index is 0. The number of aryl methyl sites for hydroxylation is 3. The van der Waals surface area contributed by atoms with Crippen LogP contribution in [0.15, 0.2) is 108 Å². The van der Waals surface area contributed by atoms with Gasteiger partial charge in [-0.1, -0.05) is 72.6 Å². The number of rotatable bonds is 4. The van der Waals surface area contributed by atoms with Crippen molar-refractivity contribution < 1.29 is 28.9 Å². The molecule has 0 atom stereocenters. The summed E-state index contributed by atoms with van der Waals surface area (Å²) in [5.74, 6) is -0.286. The average Bonchev–Trinajstić information content (AvgIpc) is 3.41. The van der Waals surface area contributed by atoms with Gasteiger partial charge in [-0.2, -0.15) is 0 Å². The summed E-state index contributed by atoms with van der Waals surface area (Å²) in [5, 5.41) is 2.63. The Balaban J connectivity index is 0.000000209. The third-order valence-corrected chi connectivity index (χ3v) is 10.0. The van der Waals surface area contributed by atoms with E-state index in [-0.39, 0.29) is 25.9 Å². The number of benzene rings is 4. The monoisotopic (exact) mass is 799 g/mol. The van der Waals surface area contributed by atoms with Crippen molar-refractivity contribution in [1.29, 1.82) is 0 Å². The fourth-order valence-electron chi connectivity index (χ4n) is 5.85. The van der Waals surface area contributed by atoms with Crippen LogP contribution in [0.5, 0.6) is 0 Å². The van der Waals surface area contributed by atoms with Gasteiger partial charge in [-0.15, -0.1) is 54.1 Å². The molecule has 7 aromatic rings. The maximum absolute atomic E-state index is 14.4. The summed E-state index contributed by atoms with van der Waals surface area (Å²) < 4.78 is 20.4. The van der Waals surface area contributed by atoms with E-state index in [2.05, 4.69) is 92.8 Å². The summed E-state index contributed by atoms with van der Waals surface area (Å²) in [6.07, 6.45) is 3.82. The van der Waals surface area contributed by atoms with Gasteiger partial charge in [0.15, 0.2) is 0 Å². The minimum Gasteiger partial charge on any atom is -0.500 e. The fourth-order valence-corrected chi connectivity index (χ4v) is 6.88. The molecule has 3 aromatic heterocycles. The molecule has 4 aromatic carbocycles. The average molecular weight is 799 g/mol. The molecule has 0 saturated heterocycles. The molecule has 0 spiro atoms. The first kappa shape index (κ1) is 33.1. The van der Waals surface area contributed by atoms with Crippen molar-refractivity contribution in [3.63, 3.8) is 0 Å². The van der Waals surface area contributed by atoms with Crippen LogP contribution in [0.4, 0.5) is 4.39 Å². The first-order chi connectivity index (χ1) is 21.6. The second-order valence-electron chi connectivity index (χ2n) is 12.5. The van der Waals surface area contributed by atoms with Crippen molar-refractivity contribution in [3.05, 3.63) is 138 Å². The summed E-state index contributed by atoms with van der Waals surface area (Å²) in [6, 6.07) is 35.7. The van der Waals surface area contributed by atoms with E-state index in [0.29, 0.717) is 16.6 Å². The Bertz CT molecular complexity index is 2110. The molecule has 46 heavy (non-hydrogen) atoms. The first-order valence-corrected chi connectivity index (χ1v) is 18.6. The van der Waals surface area contributed by atoms with Gasteiger partial charge in [-0.25, -0.2) is 4.39 Å². The predicted molar refractivity (Wildman–Crippen MR) is 187 cm³/mol. The van der Waals surface area contributed by atoms with Gasteiger partial charge in [-0.05, 0) is 77.8 Å². The molecule has 3 nitrogen and oxygen atoms in total. The largest absolute Gasteiger partial charge is 0.500 e. The number of fused-ring (bicyclic) bond motifs is 3. The number of furan rings is 1. The van der Waals surface area contributed by atoms with Gasteiger partial charge in [0.05, 0.1) is 13.7 Å². The van der Waals surface area contributed by atoms with Gasteiger partial charge in [0.2, 0.25) is 0 Å². The molecule has 233 valence electrons. The van der Waals surface area contributed by atoms with Crippen LogP contribution in [-0.4, -0.2) is 18.0 Å². The maximum Gasteiger partial charge on any atom is 0.133 e. The zero-order valence-electron chi connectivity index (χ0n) is 26.8. The van der Waals surface area contributed by atoms with E-state index in [9.17, 15) is 4.39 Å². The molecular formula is C40H35FIrN2OSi-2. The summed E-state index contributed by atoms with van der Waals surface area (Å²) in [6.45, 7) is 13.4. The van der Waals surface area contributed by atoms with Crippen molar-refractivity contribution in [1.82, 2.24) is 9.97 Å². The van der Waals surface area contributed by atoms with Crippen LogP contribution in [0.3, 0.4) is 0 Å². The molecule has 0 bridgehead atoms. The quantitative estimate of drug-likeness (QED) is 0.132. The molecule has 0 saturated carbocycles. The molecule has 0 unspecified atom stereocenters. The zero-order valence-corrected chi connectivity index (χ0v) is 30.2. The van der Waals surface area contributed by atoms with E-state index in [4.69, 9.17) is 4.42 Å². The summed E-state index contributed by atoms with van der Waals surface area (Å²) in [5.41, 5.74) is 10.7. The van der Waals surface area contributed by atoms with Crippen molar-refractivity contribution in [2.75, 3.05) is 0 Å². The normalized spacial score (nSPS) is 11.2. The van der Waals surface area contributed by atoms with Crippen LogP contribution in [0, 0.1) is 38.7 Å². The van der Waals surface area contributed by atoms with E-state index in [0.717, 1.165) is 33.5 Å². The Kier molecular flexibility index (Phi) is 9.83. The second-order valence-corrected chi connectivity index (χ2v) is 17.5. The van der Waals surface area contributed by atoms with E-state index < -0.39 is 8.07 Å². The third-order valence-electron chi connectivity index (χ3n) is 8.00. The third kappa shape index (κ3) is 6.80. The molecule has 0 aliphatic heterocycles. The van der Waals surface area contributed by atoms with Crippen LogP contribution in [0.2, 0.25) is 19.6 Å². The maximum atomic E-state index is 14.4. The van der Waals surface area contributed by atoms with Crippen molar-refractivity contribution in [3.8, 4) is 33.6 Å². The van der Waals surface area contributed by atoms with E-state index in [1.165, 1.54) is 33.5 Å². The SMILES string of the molecule is C[Si](C)(C)c1ccc(-c2[c-]cccc2)nc1.Cc1cc(C)c(-c2ccnc(-c3[c-]ccc4c3oc3cccc(F)c34)c2)c(C)c1.[Ir]. The Morgan fingerprint density at radius 2 is 1.54 bits per heavy atom. The number of nitrogens with zero attached hydrogens (tertiary/aromatic N) is 2. The van der Waals surface area contributed by atoms with Gasteiger partial charge < -0.3 is 14.4 Å². The van der Waals surface area contributed by atoms with Gasteiger partial charge in [0.1, 0.15) is 11.4 Å². The first-order valence-electron chi connectivity index (χ1n) is 15.1. The van der Waals surface area contributed by atoms with Crippen LogP contribution >= 0.6 is 0 Å². The molecular weight excluding hydrogens is 764 g/mol. The Morgan fingerprint density at radius 1 is 0.761 bits per heavy atom. The van der Waals surface area contributed by atoms with Gasteiger partial charge >= 0.3 is 0 Å². The van der Waals surface area contributed by atoms with E-state index >= 15 is 0 Å². The molecule has 1 radical (unpaired) electrons. The van der Waals surface area contributed by atoms with Gasteiger partial charge in [-0.3, -0.25) is 0 Å². The standard InChI is InChI=1S/C26H19FNO.C14H16NSi.Ir/c1-15-12-16(2)24(17(3)13-15)18-10-11-28-22(14-18)19-6-4-7-20-25-21(27)8-5-9-23(25)29-26(19)20;1-16(2,3)13-9-10-14(15-11-13)12-7-5-4-6-8-12;/h4-5,7-14H,1-3H3;4-7,9-11H,1-3H3;/q2*-1;. The van der Waals surface area contributed by atoms with Gasteiger partial charge in [0.25, 0.3) is 0 Å². The molecule has 0 N–H and O–H groups in total. The number of hydrogen-bond donors (Lipinski definition) is 0. The number of hydrogen-bond acceptors (Lipinski definition) is 3. The minimum atomic E-state index is -1.23. The Hall–Kier alpha value is -4.22. The predicted octanol–water partition coefficient (Wildman–Crippen LogP) is 10.3. The molecule has 3 heterocycles. The van der Waals surface area contributed by atoms with Crippen LogP contribution in [-0.2, 0) is 20.1 Å². The molecule has 0 aliphatic carbocycles. The molecule has 0 aliphatic rings. The number of halogens is 1. The van der Waals surface area contributed by atoms with Crippen molar-refractivity contribution in [2.24, 2.45) is 0 Å². The number of pyridine rings is 2. The Morgan fingerprint density at radius 3 is 2.22 bits per heavy atom. The van der Waals surface area contributed by atoms with Crippen LogP contribution < -0.4 is 5.19 Å². The van der Waals surface area contributed by atoms with Crippen LogP contribution in [0.25, 0.3) is 55.6 Å². The summed E-state index contributed by atoms with van der Waals surface area (Å²) in [7, 11) is -1.23. The zero-order chi connectivity index (χ0) is 31.7.